The zero-order valence-corrected chi connectivity index (χ0v) is 15.2. The van der Waals surface area contributed by atoms with Crippen molar-refractivity contribution in [1.29, 1.82) is 0 Å². The molecule has 23 heavy (non-hydrogen) atoms. The number of furan rings is 1. The Balaban J connectivity index is 0.00000264. The highest BCUT2D eigenvalue weighted by Gasteiger charge is 2.26. The van der Waals surface area contributed by atoms with Crippen LogP contribution in [0.3, 0.4) is 0 Å². The minimum Gasteiger partial charge on any atom is -0.459 e. The third-order valence-electron chi connectivity index (χ3n) is 3.28. The Morgan fingerprint density at radius 3 is 2.52 bits per heavy atom. The molecule has 1 aromatic carbocycles. The summed E-state index contributed by atoms with van der Waals surface area (Å²) in [5.41, 5.74) is 1.80. The molecule has 2 rings (SSSR count). The van der Waals surface area contributed by atoms with Gasteiger partial charge in [0.05, 0.1) is 13.0 Å². The van der Waals surface area contributed by atoms with Gasteiger partial charge in [0.1, 0.15) is 11.3 Å². The van der Waals surface area contributed by atoms with Crippen LogP contribution in [-0.4, -0.2) is 25.7 Å². The largest absolute Gasteiger partial charge is 0.459 e. The lowest BCUT2D eigenvalue weighted by Crippen LogP contribution is -2.38. The zero-order chi connectivity index (χ0) is 16.2. The Kier molecular flexibility index (Phi) is 7.17. The number of alkyl halides is 3. The van der Waals surface area contributed by atoms with Crippen LogP contribution in [0.15, 0.2) is 33.7 Å². The first kappa shape index (κ1) is 19.6. The molecule has 4 nitrogen and oxygen atoms in total. The second kappa shape index (κ2) is 8.42. The average molecular weight is 441 g/mol. The highest BCUT2D eigenvalue weighted by atomic mass is 127. The van der Waals surface area contributed by atoms with Crippen molar-refractivity contribution in [3.63, 3.8) is 0 Å². The van der Waals surface area contributed by atoms with Gasteiger partial charge in [-0.3, -0.25) is 4.99 Å². The van der Waals surface area contributed by atoms with Crippen molar-refractivity contribution in [1.82, 2.24) is 10.6 Å². The van der Waals surface area contributed by atoms with Gasteiger partial charge in [-0.25, -0.2) is 0 Å². The first-order chi connectivity index (χ1) is 10.4. The molecule has 0 aliphatic heterocycles. The second-order valence-electron chi connectivity index (χ2n) is 4.86. The van der Waals surface area contributed by atoms with E-state index in [-0.39, 0.29) is 30.5 Å². The van der Waals surface area contributed by atoms with Crippen molar-refractivity contribution in [2.75, 3.05) is 13.6 Å². The highest BCUT2D eigenvalue weighted by molar-refractivity contribution is 14.0. The molecule has 0 amide bonds. The molecule has 128 valence electrons. The first-order valence-electron chi connectivity index (χ1n) is 6.89. The molecule has 0 bridgehead atoms. The van der Waals surface area contributed by atoms with Crippen LogP contribution >= 0.6 is 24.0 Å². The predicted molar refractivity (Wildman–Crippen MR) is 95.2 cm³/mol. The molecule has 0 fully saturated rings. The summed E-state index contributed by atoms with van der Waals surface area (Å²) in [6.07, 6.45) is -5.08. The van der Waals surface area contributed by atoms with Crippen LogP contribution in [0.4, 0.5) is 13.2 Å². The van der Waals surface area contributed by atoms with E-state index in [2.05, 4.69) is 15.6 Å². The molecule has 0 saturated heterocycles. The number of halogens is 4. The molecule has 0 unspecified atom stereocenters. The number of para-hydroxylation sites is 1. The summed E-state index contributed by atoms with van der Waals surface area (Å²) >= 11 is 0. The fraction of sp³-hybridized carbons (Fsp3) is 0.400. The number of nitrogens with zero attached hydrogens (tertiary/aromatic N) is 1. The number of benzene rings is 1. The van der Waals surface area contributed by atoms with Crippen molar-refractivity contribution in [3.8, 4) is 0 Å². The van der Waals surface area contributed by atoms with Gasteiger partial charge < -0.3 is 15.1 Å². The van der Waals surface area contributed by atoms with E-state index in [1.54, 1.807) is 0 Å². The average Bonchev–Trinajstić information content (AvgIpc) is 2.78. The lowest BCUT2D eigenvalue weighted by Gasteiger charge is -2.12. The number of fused-ring (bicyclic) bond motifs is 1. The van der Waals surface area contributed by atoms with Crippen LogP contribution in [0.2, 0.25) is 0 Å². The number of aliphatic imine (C=N–C) groups is 1. The quantitative estimate of drug-likeness (QED) is 0.429. The van der Waals surface area contributed by atoms with Crippen LogP contribution in [0, 0.1) is 6.92 Å². The number of rotatable bonds is 4. The molecular weight excluding hydrogens is 422 g/mol. The normalized spacial score (nSPS) is 12.1. The van der Waals surface area contributed by atoms with Crippen LogP contribution in [0.25, 0.3) is 11.0 Å². The minimum absolute atomic E-state index is 0. The van der Waals surface area contributed by atoms with Gasteiger partial charge in [-0.05, 0) is 13.0 Å². The van der Waals surface area contributed by atoms with Gasteiger partial charge in [-0.15, -0.1) is 24.0 Å². The van der Waals surface area contributed by atoms with E-state index >= 15 is 0 Å². The van der Waals surface area contributed by atoms with Crippen molar-refractivity contribution in [3.05, 3.63) is 35.6 Å². The van der Waals surface area contributed by atoms with Gasteiger partial charge >= 0.3 is 6.18 Å². The van der Waals surface area contributed by atoms with E-state index in [9.17, 15) is 13.2 Å². The monoisotopic (exact) mass is 441 g/mol. The molecule has 0 atom stereocenters. The van der Waals surface area contributed by atoms with E-state index in [0.717, 1.165) is 22.3 Å². The van der Waals surface area contributed by atoms with Crippen molar-refractivity contribution in [2.24, 2.45) is 4.99 Å². The Labute approximate surface area is 149 Å². The van der Waals surface area contributed by atoms with E-state index in [1.807, 2.05) is 31.2 Å². The number of aryl methyl sites for hydroxylation is 1. The minimum atomic E-state index is -4.18. The van der Waals surface area contributed by atoms with Crippen molar-refractivity contribution >= 4 is 40.9 Å². The summed E-state index contributed by atoms with van der Waals surface area (Å²) in [5.74, 6) is 1.05. The molecule has 0 spiro atoms. The maximum absolute atomic E-state index is 12.1. The third-order valence-corrected chi connectivity index (χ3v) is 3.28. The molecule has 0 aliphatic carbocycles. The highest BCUT2D eigenvalue weighted by Crippen LogP contribution is 2.24. The van der Waals surface area contributed by atoms with E-state index in [1.165, 1.54) is 7.05 Å². The summed E-state index contributed by atoms with van der Waals surface area (Å²) in [4.78, 5) is 3.89. The number of nitrogens with one attached hydrogen (secondary N) is 2. The molecule has 8 heteroatoms. The van der Waals surface area contributed by atoms with Crippen LogP contribution in [0.5, 0.6) is 0 Å². The Morgan fingerprint density at radius 2 is 1.91 bits per heavy atom. The molecule has 2 aromatic rings. The van der Waals surface area contributed by atoms with Gasteiger partial charge in [0.15, 0.2) is 5.96 Å². The maximum Gasteiger partial charge on any atom is 0.390 e. The fourth-order valence-corrected chi connectivity index (χ4v) is 2.10. The topological polar surface area (TPSA) is 49.6 Å². The lowest BCUT2D eigenvalue weighted by molar-refractivity contribution is -0.132. The standard InChI is InChI=1S/C15H18F3N3O.HI/c1-10-11-5-3-4-6-12(11)22-13(10)9-21-14(19-2)20-8-7-15(16,17)18;/h3-6H,7-9H2,1-2H3,(H2,19,20,21);1H. The first-order valence-corrected chi connectivity index (χ1v) is 6.89. The fourth-order valence-electron chi connectivity index (χ4n) is 2.10. The number of guanidine groups is 1. The van der Waals surface area contributed by atoms with Crippen LogP contribution in [-0.2, 0) is 6.54 Å². The summed E-state index contributed by atoms with van der Waals surface area (Å²) in [5, 5.41) is 6.61. The Morgan fingerprint density at radius 1 is 1.22 bits per heavy atom. The molecule has 0 radical (unpaired) electrons. The van der Waals surface area contributed by atoms with Gasteiger partial charge in [-0.2, -0.15) is 13.2 Å². The molecule has 1 aromatic heterocycles. The van der Waals surface area contributed by atoms with Crippen LogP contribution in [0.1, 0.15) is 17.7 Å². The summed E-state index contributed by atoms with van der Waals surface area (Å²) in [6.45, 7) is 2.08. The van der Waals surface area contributed by atoms with E-state index < -0.39 is 12.6 Å². The van der Waals surface area contributed by atoms with E-state index in [0.29, 0.717) is 12.5 Å². The van der Waals surface area contributed by atoms with Gasteiger partial charge in [0.25, 0.3) is 0 Å². The molecule has 2 N–H and O–H groups in total. The van der Waals surface area contributed by atoms with Crippen molar-refractivity contribution in [2.45, 2.75) is 26.1 Å². The van der Waals surface area contributed by atoms with Crippen LogP contribution < -0.4 is 10.6 Å². The third kappa shape index (κ3) is 5.60. The smallest absolute Gasteiger partial charge is 0.390 e. The second-order valence-corrected chi connectivity index (χ2v) is 4.86. The van der Waals surface area contributed by atoms with Gasteiger partial charge in [0, 0.05) is 24.5 Å². The van der Waals surface area contributed by atoms with E-state index in [4.69, 9.17) is 4.42 Å². The molecule has 0 saturated carbocycles. The Hall–Kier alpha value is -1.45. The number of hydrogen-bond donors (Lipinski definition) is 2. The molecular formula is C15H19F3IN3O. The zero-order valence-electron chi connectivity index (χ0n) is 12.8. The Bertz CT molecular complexity index is 668. The molecule has 0 aliphatic rings. The summed E-state index contributed by atoms with van der Waals surface area (Å²) in [6, 6.07) is 7.66. The summed E-state index contributed by atoms with van der Waals surface area (Å²) in [7, 11) is 1.51. The predicted octanol–water partition coefficient (Wildman–Crippen LogP) is 3.98. The van der Waals surface area contributed by atoms with Crippen molar-refractivity contribution < 1.29 is 17.6 Å². The lowest BCUT2D eigenvalue weighted by atomic mass is 10.1. The molecule has 1 heterocycles. The maximum atomic E-state index is 12.1. The van der Waals surface area contributed by atoms with Gasteiger partial charge in [-0.1, -0.05) is 18.2 Å². The van der Waals surface area contributed by atoms with Gasteiger partial charge in [0.2, 0.25) is 0 Å². The number of hydrogen-bond acceptors (Lipinski definition) is 2. The summed E-state index contributed by atoms with van der Waals surface area (Å²) < 4.78 is 42.1. The SMILES string of the molecule is CN=C(NCCC(F)(F)F)NCc1oc2ccccc2c1C.I.